The first kappa shape index (κ1) is 62.5. The van der Waals surface area contributed by atoms with Gasteiger partial charge in [-0.05, 0) is 101 Å². The van der Waals surface area contributed by atoms with Crippen LogP contribution >= 0.6 is 0 Å². The van der Waals surface area contributed by atoms with Gasteiger partial charge in [0.05, 0.1) is 43.7 Å². The molecule has 16 unspecified atom stereocenters. The minimum atomic E-state index is -5.08. The van der Waals surface area contributed by atoms with E-state index >= 15 is 0 Å². The van der Waals surface area contributed by atoms with Gasteiger partial charge in [-0.1, -0.05) is 25.5 Å². The monoisotopic (exact) mass is 1140 g/mol. The number of fused-ring (bicyclic) bond motifs is 5. The molecule has 0 aromatic carbocycles. The number of hydrogen-bond donors (Lipinski definition) is 11. The third-order valence-electron chi connectivity index (χ3n) is 18.4. The smallest absolute Gasteiger partial charge is 0.726 e. The predicted molar refractivity (Wildman–Crippen MR) is 249 cm³/mol. The molecule has 436 valence electrons. The Morgan fingerprint density at radius 3 is 1.70 bits per heavy atom. The van der Waals surface area contributed by atoms with E-state index in [1.807, 2.05) is 0 Å². The van der Waals surface area contributed by atoms with Crippen molar-refractivity contribution in [3.63, 3.8) is 0 Å². The fourth-order valence-electron chi connectivity index (χ4n) is 14.1. The number of carbonyl (C=O) groups is 1. The van der Waals surface area contributed by atoms with E-state index in [0.29, 0.717) is 25.7 Å². The van der Waals surface area contributed by atoms with E-state index < -0.39 is 188 Å². The molecule has 0 aromatic heterocycles. The maximum absolute atomic E-state index is 13.0. The molecule has 0 radical (unpaired) electrons. The fraction of sp³-hybridized carbons (Fsp3) is 0.939. The molecule has 3 saturated carbocycles. The van der Waals surface area contributed by atoms with Crippen molar-refractivity contribution in [2.45, 2.75) is 240 Å². The third kappa shape index (κ3) is 12.1. The van der Waals surface area contributed by atoms with Gasteiger partial charge >= 0.3 is 29.6 Å². The summed E-state index contributed by atoms with van der Waals surface area (Å²) in [6.45, 7) is 8.99. The molecule has 9 aliphatic rings. The Morgan fingerprint density at radius 2 is 1.12 bits per heavy atom. The molecule has 8 fully saturated rings. The van der Waals surface area contributed by atoms with Crippen LogP contribution in [0, 0.1) is 34.5 Å². The van der Waals surface area contributed by atoms with Gasteiger partial charge in [-0.25, -0.2) is 8.42 Å². The van der Waals surface area contributed by atoms with Crippen molar-refractivity contribution in [3.8, 4) is 0 Å². The van der Waals surface area contributed by atoms with E-state index in [9.17, 15) is 73.9 Å². The van der Waals surface area contributed by atoms with Gasteiger partial charge in [0, 0.05) is 5.92 Å². The minimum Gasteiger partial charge on any atom is -0.726 e. The van der Waals surface area contributed by atoms with Crippen molar-refractivity contribution in [1.29, 1.82) is 0 Å². The molecular formula is C49H77NaO26S. The number of ether oxygens (including phenoxy) is 10. The van der Waals surface area contributed by atoms with Crippen molar-refractivity contribution in [2.75, 3.05) is 13.2 Å². The number of hydrogen-bond acceptors (Lipinski definition) is 26. The summed E-state index contributed by atoms with van der Waals surface area (Å²) in [5, 5.41) is 121. The molecule has 0 aromatic rings. The maximum atomic E-state index is 13.0. The van der Waals surface area contributed by atoms with Gasteiger partial charge in [-0.2, -0.15) is 0 Å². The number of rotatable bonds is 13. The van der Waals surface area contributed by atoms with Gasteiger partial charge in [-0.15, -0.1) is 0 Å². The zero-order chi connectivity index (χ0) is 55.2. The van der Waals surface area contributed by atoms with Crippen LogP contribution in [0.25, 0.3) is 0 Å². The van der Waals surface area contributed by atoms with Crippen LogP contribution in [0.3, 0.4) is 0 Å². The summed E-state index contributed by atoms with van der Waals surface area (Å²) in [4.78, 5) is 13.0. The Balaban J connectivity index is 0.00000784. The Morgan fingerprint density at radius 1 is 0.597 bits per heavy atom. The van der Waals surface area contributed by atoms with Crippen molar-refractivity contribution >= 4 is 16.2 Å². The average molecular weight is 1140 g/mol. The molecule has 28 heteroatoms. The van der Waals surface area contributed by atoms with Crippen molar-refractivity contribution < 1.29 is 155 Å². The molecule has 11 N–H and O–H groups in total. The van der Waals surface area contributed by atoms with Gasteiger partial charge in [0.1, 0.15) is 97.3 Å². The van der Waals surface area contributed by atoms with Crippen LogP contribution < -0.4 is 29.6 Å². The summed E-state index contributed by atoms with van der Waals surface area (Å²) >= 11 is 0. The molecule has 0 spiro atoms. The van der Waals surface area contributed by atoms with Crippen molar-refractivity contribution in [2.24, 2.45) is 34.5 Å². The van der Waals surface area contributed by atoms with Gasteiger partial charge in [0.25, 0.3) is 0 Å². The van der Waals surface area contributed by atoms with Gasteiger partial charge in [0.2, 0.25) is 10.4 Å². The number of aliphatic hydroxyl groups is 11. The van der Waals surface area contributed by atoms with E-state index in [0.717, 1.165) is 6.42 Å². The standard InChI is InChI=1S/C49H78O26S.Na/c1-17(50)23-7-8-24-22-14-28(26-13-21(75-76(62,63)64)9-11-49(26,6)25(22)10-12-48(23,24)5)70-45-39(61)40(32(54)20(4)69-45)72-47-42(74-44-38(60)36(58)31(53)19(3)68-44)34(56)29(16-66-47)71-46-41(33(55)27(51)15-65-46)73-43-37(59)35(57)30(52)18(2)67-43;/h10,18-24,26-47,51-61H,7-9,11-16H2,1-6H3,(H,62,63,64);/q;+1/p-1/t18?,19?,20?,21-,22?,23+,24?,26?,27-,28-,29+,30-,31+,32+,33?,34?,35?,36?,37-,38?,39?,40?,41?,42?,43?,44-,45-,46-,47-,48+,49+;/m0./s1. The summed E-state index contributed by atoms with van der Waals surface area (Å²) in [6.07, 6.45) is -33.8. The molecule has 31 atom stereocenters. The molecule has 9 rings (SSSR count). The number of allylic oxidation sites excluding steroid dienone is 2. The molecule has 0 bridgehead atoms. The van der Waals surface area contributed by atoms with Crippen LogP contribution in [0.4, 0.5) is 0 Å². The largest absolute Gasteiger partial charge is 1.00 e. The molecule has 26 nitrogen and oxygen atoms in total. The first-order valence-electron chi connectivity index (χ1n) is 26.4. The predicted octanol–water partition coefficient (Wildman–Crippen LogP) is -6.54. The molecule has 5 saturated heterocycles. The topological polar surface area (TPSA) is 398 Å². The minimum absolute atomic E-state index is 0. The molecule has 5 heterocycles. The van der Waals surface area contributed by atoms with E-state index in [1.165, 1.54) is 26.3 Å². The molecular weight excluding hydrogens is 1060 g/mol. The molecule has 4 aliphatic carbocycles. The first-order chi connectivity index (χ1) is 35.6. The van der Waals surface area contributed by atoms with E-state index in [2.05, 4.69) is 19.9 Å². The Labute approximate surface area is 468 Å². The Bertz CT molecular complexity index is 2180. The summed E-state index contributed by atoms with van der Waals surface area (Å²) in [5.41, 5.74) is 0.239. The van der Waals surface area contributed by atoms with Crippen LogP contribution in [-0.4, -0.2) is 242 Å². The number of carbonyl (C=O) groups excluding carboxylic acids is 1. The summed E-state index contributed by atoms with van der Waals surface area (Å²) in [6, 6.07) is 0. The second kappa shape index (κ2) is 24.2. The first-order valence-corrected chi connectivity index (χ1v) is 27.8. The van der Waals surface area contributed by atoms with Crippen LogP contribution in [0.15, 0.2) is 11.6 Å². The SMILES string of the molecule is CC(=O)[C@H]1CCC2C3C[C@H](O[C@@H]4OC(C)[C@@H](O)C(O[C@@H]5OC[C@@H](O[C@@H]6OC[C@H](O)C(O)C6OC6OC(C)[C@H](O)C(O)[C@@H]6O)C(O)C5O[C@@H]5OC(C)[C@@H](O)C(O)C5O)C4O)C4C[C@@H](OS(=O)(=O)[O-])CC[C@]4(C)C3=CC[C@@]21C.[Na+]. The summed E-state index contributed by atoms with van der Waals surface area (Å²) in [7, 11) is -5.08. The normalized spacial score (nSPS) is 53.3. The molecule has 5 aliphatic heterocycles. The van der Waals surface area contributed by atoms with Crippen LogP contribution in [0.5, 0.6) is 0 Å². The van der Waals surface area contributed by atoms with E-state index in [1.54, 1.807) is 6.92 Å². The molecule has 0 amide bonds. The zero-order valence-corrected chi connectivity index (χ0v) is 47.0. The van der Waals surface area contributed by atoms with Crippen LogP contribution in [-0.2, 0) is 66.7 Å². The summed E-state index contributed by atoms with van der Waals surface area (Å²) in [5.74, 6) is -0.508. The fourth-order valence-corrected chi connectivity index (χ4v) is 14.6. The van der Waals surface area contributed by atoms with E-state index in [4.69, 9.17) is 51.6 Å². The number of ketones is 1. The van der Waals surface area contributed by atoms with Gasteiger partial charge in [0.15, 0.2) is 31.5 Å². The quantitative estimate of drug-likeness (QED) is 0.0353. The second-order valence-corrected chi connectivity index (χ2v) is 24.1. The van der Waals surface area contributed by atoms with Crippen molar-refractivity contribution in [1.82, 2.24) is 0 Å². The number of aliphatic hydroxyl groups excluding tert-OH is 11. The Hall–Kier alpha value is -0.560. The second-order valence-electron chi connectivity index (χ2n) is 23.1. The number of Topliss-reactive ketones (excluding diaryl/α,β-unsaturated/α-hetero) is 1. The van der Waals surface area contributed by atoms with E-state index in [-0.39, 0.29) is 71.4 Å². The average Bonchev–Trinajstić information content (AvgIpc) is 3.76. The van der Waals surface area contributed by atoms with Gasteiger partial charge in [-0.3, -0.25) is 8.98 Å². The zero-order valence-electron chi connectivity index (χ0n) is 44.1. The molecule has 77 heavy (non-hydrogen) atoms. The van der Waals surface area contributed by atoms with Crippen molar-refractivity contribution in [3.05, 3.63) is 11.6 Å². The third-order valence-corrected chi connectivity index (χ3v) is 19.0. The van der Waals surface area contributed by atoms with Crippen LogP contribution in [0.1, 0.15) is 86.5 Å². The maximum Gasteiger partial charge on any atom is 1.00 e. The Kier molecular flexibility index (Phi) is 19.6. The van der Waals surface area contributed by atoms with Gasteiger partial charge < -0.3 is 108 Å². The summed E-state index contributed by atoms with van der Waals surface area (Å²) < 4.78 is 101. The van der Waals surface area contributed by atoms with Crippen LogP contribution in [0.2, 0.25) is 0 Å².